The van der Waals surface area contributed by atoms with Gasteiger partial charge in [0.05, 0.1) is 25.1 Å². The van der Waals surface area contributed by atoms with Crippen LogP contribution in [0.5, 0.6) is 11.5 Å². The standard InChI is InChI=1S/C15H17NO5/c1-5-16-12(15(18)19)8(2)14(17)11-9(20-3)6-7-10(21-4)13(11)16/h6-7H,5H2,1-4H3,(H,18,19). The first kappa shape index (κ1) is 14.9. The van der Waals surface area contributed by atoms with Crippen molar-refractivity contribution in [3.8, 4) is 11.5 Å². The van der Waals surface area contributed by atoms with Crippen LogP contribution in [0.15, 0.2) is 16.9 Å². The van der Waals surface area contributed by atoms with Crippen molar-refractivity contribution in [2.75, 3.05) is 14.2 Å². The number of ether oxygens (including phenoxy) is 2. The van der Waals surface area contributed by atoms with Crippen molar-refractivity contribution in [2.24, 2.45) is 0 Å². The van der Waals surface area contributed by atoms with Crippen molar-refractivity contribution in [3.05, 3.63) is 33.6 Å². The zero-order valence-corrected chi connectivity index (χ0v) is 12.4. The van der Waals surface area contributed by atoms with E-state index in [9.17, 15) is 14.7 Å². The lowest BCUT2D eigenvalue weighted by Crippen LogP contribution is -2.22. The van der Waals surface area contributed by atoms with Crippen LogP contribution in [0.3, 0.4) is 0 Å². The smallest absolute Gasteiger partial charge is 0.352 e. The Hall–Kier alpha value is -2.50. The number of nitrogens with zero attached hydrogens (tertiary/aromatic N) is 1. The van der Waals surface area contributed by atoms with E-state index in [0.717, 1.165) is 0 Å². The lowest BCUT2D eigenvalue weighted by molar-refractivity contribution is 0.0684. The average Bonchev–Trinajstić information content (AvgIpc) is 2.48. The molecular weight excluding hydrogens is 274 g/mol. The Kier molecular flexibility index (Phi) is 3.88. The molecule has 0 radical (unpaired) electrons. The van der Waals surface area contributed by atoms with Crippen molar-refractivity contribution >= 4 is 16.9 Å². The summed E-state index contributed by atoms with van der Waals surface area (Å²) in [6.45, 7) is 3.72. The van der Waals surface area contributed by atoms with Crippen LogP contribution in [0.1, 0.15) is 23.0 Å². The third-order valence-electron chi connectivity index (χ3n) is 3.52. The molecule has 0 fully saturated rings. The number of aromatic nitrogens is 1. The average molecular weight is 291 g/mol. The van der Waals surface area contributed by atoms with Crippen molar-refractivity contribution in [1.29, 1.82) is 0 Å². The largest absolute Gasteiger partial charge is 0.496 e. The highest BCUT2D eigenvalue weighted by Gasteiger charge is 2.23. The van der Waals surface area contributed by atoms with Crippen LogP contribution in [-0.4, -0.2) is 29.9 Å². The lowest BCUT2D eigenvalue weighted by Gasteiger charge is -2.18. The summed E-state index contributed by atoms with van der Waals surface area (Å²) in [7, 11) is 2.95. The number of rotatable bonds is 4. The van der Waals surface area contributed by atoms with Gasteiger partial charge in [0.25, 0.3) is 0 Å². The minimum Gasteiger partial charge on any atom is -0.496 e. The van der Waals surface area contributed by atoms with E-state index in [2.05, 4.69) is 0 Å². The van der Waals surface area contributed by atoms with Gasteiger partial charge in [-0.1, -0.05) is 0 Å². The zero-order valence-electron chi connectivity index (χ0n) is 12.4. The molecule has 0 saturated heterocycles. The van der Waals surface area contributed by atoms with Gasteiger partial charge < -0.3 is 19.1 Å². The second kappa shape index (κ2) is 5.47. The molecule has 0 unspecified atom stereocenters. The van der Waals surface area contributed by atoms with Crippen LogP contribution in [-0.2, 0) is 6.54 Å². The lowest BCUT2D eigenvalue weighted by atomic mass is 10.1. The summed E-state index contributed by atoms with van der Waals surface area (Å²) in [6, 6.07) is 3.30. The molecule has 112 valence electrons. The van der Waals surface area contributed by atoms with Crippen molar-refractivity contribution in [3.63, 3.8) is 0 Å². The highest BCUT2D eigenvalue weighted by Crippen LogP contribution is 2.32. The maximum atomic E-state index is 12.6. The molecule has 6 heteroatoms. The maximum Gasteiger partial charge on any atom is 0.352 e. The fourth-order valence-electron chi connectivity index (χ4n) is 2.58. The maximum absolute atomic E-state index is 12.6. The number of hydrogen-bond acceptors (Lipinski definition) is 4. The van der Waals surface area contributed by atoms with Gasteiger partial charge in [0, 0.05) is 12.1 Å². The quantitative estimate of drug-likeness (QED) is 0.932. The van der Waals surface area contributed by atoms with Gasteiger partial charge in [-0.3, -0.25) is 4.79 Å². The predicted molar refractivity (Wildman–Crippen MR) is 78.7 cm³/mol. The Balaban J connectivity index is 3.17. The summed E-state index contributed by atoms with van der Waals surface area (Å²) in [4.78, 5) is 24.1. The molecule has 0 atom stereocenters. The molecule has 21 heavy (non-hydrogen) atoms. The number of carboxylic acid groups (broad SMARTS) is 1. The molecule has 6 nitrogen and oxygen atoms in total. The number of fused-ring (bicyclic) bond motifs is 1. The second-order valence-electron chi connectivity index (χ2n) is 4.55. The second-order valence-corrected chi connectivity index (χ2v) is 4.55. The minimum atomic E-state index is -1.14. The highest BCUT2D eigenvalue weighted by atomic mass is 16.5. The van der Waals surface area contributed by atoms with E-state index in [1.54, 1.807) is 16.7 Å². The third-order valence-corrected chi connectivity index (χ3v) is 3.52. The van der Waals surface area contributed by atoms with Crippen LogP contribution in [0.4, 0.5) is 0 Å². The van der Waals surface area contributed by atoms with Crippen LogP contribution in [0, 0.1) is 6.92 Å². The normalized spacial score (nSPS) is 10.7. The van der Waals surface area contributed by atoms with E-state index >= 15 is 0 Å². The summed E-state index contributed by atoms with van der Waals surface area (Å²) in [6.07, 6.45) is 0. The third kappa shape index (κ3) is 2.12. The van der Waals surface area contributed by atoms with E-state index in [0.29, 0.717) is 28.9 Å². The molecule has 0 amide bonds. The van der Waals surface area contributed by atoms with Crippen LogP contribution >= 0.6 is 0 Å². The van der Waals surface area contributed by atoms with E-state index in [-0.39, 0.29) is 16.7 Å². The molecule has 0 spiro atoms. The first-order valence-corrected chi connectivity index (χ1v) is 6.49. The Labute approximate surface area is 121 Å². The molecule has 1 heterocycles. The van der Waals surface area contributed by atoms with E-state index in [1.165, 1.54) is 21.1 Å². The summed E-state index contributed by atoms with van der Waals surface area (Å²) >= 11 is 0. The summed E-state index contributed by atoms with van der Waals surface area (Å²) in [5.41, 5.74) is 0.236. The fraction of sp³-hybridized carbons (Fsp3) is 0.333. The fourth-order valence-corrected chi connectivity index (χ4v) is 2.58. The molecule has 0 bridgehead atoms. The number of pyridine rings is 1. The molecule has 0 saturated carbocycles. The number of methoxy groups -OCH3 is 2. The van der Waals surface area contributed by atoms with E-state index < -0.39 is 5.97 Å². The van der Waals surface area contributed by atoms with Gasteiger partial charge in [0.15, 0.2) is 5.43 Å². The van der Waals surface area contributed by atoms with Gasteiger partial charge in [0.2, 0.25) is 0 Å². The number of carboxylic acids is 1. The van der Waals surface area contributed by atoms with E-state index in [1.807, 2.05) is 6.92 Å². The number of aromatic carboxylic acids is 1. The van der Waals surface area contributed by atoms with Gasteiger partial charge in [0.1, 0.15) is 17.2 Å². The predicted octanol–water partition coefficient (Wildman–Crippen LogP) is 2.05. The molecular formula is C15H17NO5. The molecule has 1 aromatic heterocycles. The molecule has 1 N–H and O–H groups in total. The van der Waals surface area contributed by atoms with Gasteiger partial charge in [-0.05, 0) is 26.0 Å². The highest BCUT2D eigenvalue weighted by molar-refractivity contribution is 5.97. The van der Waals surface area contributed by atoms with Crippen molar-refractivity contribution in [1.82, 2.24) is 4.57 Å². The molecule has 2 aromatic rings. The first-order valence-electron chi connectivity index (χ1n) is 6.49. The van der Waals surface area contributed by atoms with E-state index in [4.69, 9.17) is 9.47 Å². The van der Waals surface area contributed by atoms with Gasteiger partial charge >= 0.3 is 5.97 Å². The van der Waals surface area contributed by atoms with Crippen LogP contribution in [0.25, 0.3) is 10.9 Å². The summed E-state index contributed by atoms with van der Waals surface area (Å²) in [5.74, 6) is -0.302. The molecule has 0 aliphatic rings. The van der Waals surface area contributed by atoms with Crippen molar-refractivity contribution in [2.45, 2.75) is 20.4 Å². The minimum absolute atomic E-state index is 0.0263. The number of benzene rings is 1. The Morgan fingerprint density at radius 1 is 1.24 bits per heavy atom. The first-order chi connectivity index (χ1) is 9.97. The van der Waals surface area contributed by atoms with Gasteiger partial charge in [-0.25, -0.2) is 4.79 Å². The van der Waals surface area contributed by atoms with Crippen molar-refractivity contribution < 1.29 is 19.4 Å². The number of hydrogen-bond donors (Lipinski definition) is 1. The molecule has 2 rings (SSSR count). The monoisotopic (exact) mass is 291 g/mol. The molecule has 0 aliphatic carbocycles. The van der Waals surface area contributed by atoms with Crippen LogP contribution < -0.4 is 14.9 Å². The SMILES string of the molecule is CCn1c(C(=O)O)c(C)c(=O)c2c(OC)ccc(OC)c21. The Bertz CT molecular complexity index is 776. The number of aryl methyl sites for hydroxylation is 1. The Morgan fingerprint density at radius 2 is 1.81 bits per heavy atom. The molecule has 0 aliphatic heterocycles. The topological polar surface area (TPSA) is 77.8 Å². The Morgan fingerprint density at radius 3 is 2.29 bits per heavy atom. The zero-order chi connectivity index (χ0) is 15.7. The van der Waals surface area contributed by atoms with Crippen LogP contribution in [0.2, 0.25) is 0 Å². The number of carbonyl (C=O) groups is 1. The van der Waals surface area contributed by atoms with Gasteiger partial charge in [-0.2, -0.15) is 0 Å². The van der Waals surface area contributed by atoms with Gasteiger partial charge in [-0.15, -0.1) is 0 Å². The summed E-state index contributed by atoms with van der Waals surface area (Å²) in [5, 5.41) is 9.75. The summed E-state index contributed by atoms with van der Waals surface area (Å²) < 4.78 is 12.1. The molecule has 1 aromatic carbocycles.